The molecule has 0 bridgehead atoms. The van der Waals surface area contributed by atoms with E-state index in [1.807, 2.05) is 0 Å². The molecule has 0 aliphatic heterocycles. The van der Waals surface area contributed by atoms with Gasteiger partial charge in [0, 0.05) is 5.56 Å². The van der Waals surface area contributed by atoms with Crippen LogP contribution in [0.2, 0.25) is 0 Å². The summed E-state index contributed by atoms with van der Waals surface area (Å²) in [6.45, 7) is 0. The highest BCUT2D eigenvalue weighted by Gasteiger charge is 2.17. The zero-order chi connectivity index (χ0) is 7.84. The lowest BCUT2D eigenvalue weighted by Crippen LogP contribution is -2.00. The van der Waals surface area contributed by atoms with Crippen molar-refractivity contribution < 1.29 is 0 Å². The van der Waals surface area contributed by atoms with Crippen molar-refractivity contribution >= 4 is 21.7 Å². The molecule has 0 radical (unpaired) electrons. The maximum Gasteiger partial charge on any atom is 0.149 e. The summed E-state index contributed by atoms with van der Waals surface area (Å²) >= 11 is 3.35. The van der Waals surface area contributed by atoms with Gasteiger partial charge in [0.2, 0.25) is 0 Å². The van der Waals surface area contributed by atoms with E-state index < -0.39 is 0 Å². The first-order valence-electron chi connectivity index (χ1n) is 3.58. The molecule has 1 aliphatic rings. The topological polar surface area (TPSA) is 51.8 Å². The number of hydrogen-bond donors (Lipinski definition) is 1. The molecule has 0 unspecified atom stereocenters. The Hall–Kier alpha value is -0.640. The van der Waals surface area contributed by atoms with Crippen molar-refractivity contribution in [1.82, 2.24) is 10.2 Å². The van der Waals surface area contributed by atoms with Gasteiger partial charge in [-0.1, -0.05) is 0 Å². The standard InChI is InChI=1S/C7H8BrN3/c8-6-4-2-1-3-5(4)7(9)11-10-6/h1-3H2,(H2,9,11). The van der Waals surface area contributed by atoms with E-state index >= 15 is 0 Å². The number of anilines is 1. The van der Waals surface area contributed by atoms with Gasteiger partial charge < -0.3 is 5.73 Å². The van der Waals surface area contributed by atoms with Gasteiger partial charge in [-0.05, 0) is 40.8 Å². The molecule has 58 valence electrons. The van der Waals surface area contributed by atoms with E-state index in [9.17, 15) is 0 Å². The van der Waals surface area contributed by atoms with Gasteiger partial charge in [0.05, 0.1) is 0 Å². The molecule has 11 heavy (non-hydrogen) atoms. The maximum absolute atomic E-state index is 5.65. The lowest BCUT2D eigenvalue weighted by atomic mass is 10.2. The van der Waals surface area contributed by atoms with Crippen LogP contribution >= 0.6 is 15.9 Å². The number of fused-ring (bicyclic) bond motifs is 1. The van der Waals surface area contributed by atoms with Crippen LogP contribution in [0.15, 0.2) is 4.60 Å². The van der Waals surface area contributed by atoms with Crippen molar-refractivity contribution in [3.63, 3.8) is 0 Å². The van der Waals surface area contributed by atoms with Crippen LogP contribution in [-0.2, 0) is 12.8 Å². The third kappa shape index (κ3) is 1.01. The highest BCUT2D eigenvalue weighted by Crippen LogP contribution is 2.29. The Bertz CT molecular complexity index is 269. The van der Waals surface area contributed by atoms with Crippen LogP contribution in [0.1, 0.15) is 17.5 Å². The van der Waals surface area contributed by atoms with Gasteiger partial charge in [-0.3, -0.25) is 0 Å². The predicted molar refractivity (Wildman–Crippen MR) is 46.2 cm³/mol. The summed E-state index contributed by atoms with van der Waals surface area (Å²) in [5, 5.41) is 7.72. The minimum atomic E-state index is 0.598. The molecule has 0 atom stereocenters. The van der Waals surface area contributed by atoms with Gasteiger partial charge in [0.15, 0.2) is 0 Å². The lowest BCUT2D eigenvalue weighted by Gasteiger charge is -2.01. The Labute approximate surface area is 73.1 Å². The van der Waals surface area contributed by atoms with Gasteiger partial charge in [-0.15, -0.1) is 10.2 Å². The van der Waals surface area contributed by atoms with Crippen molar-refractivity contribution in [2.24, 2.45) is 0 Å². The molecule has 2 rings (SSSR count). The molecular weight excluding hydrogens is 206 g/mol. The van der Waals surface area contributed by atoms with Crippen LogP contribution in [0, 0.1) is 0 Å². The van der Waals surface area contributed by atoms with Crippen LogP contribution in [0.25, 0.3) is 0 Å². The Morgan fingerprint density at radius 3 is 2.64 bits per heavy atom. The maximum atomic E-state index is 5.65. The van der Waals surface area contributed by atoms with Crippen molar-refractivity contribution in [1.29, 1.82) is 0 Å². The summed E-state index contributed by atoms with van der Waals surface area (Å²) in [6.07, 6.45) is 3.30. The summed E-state index contributed by atoms with van der Waals surface area (Å²) in [4.78, 5) is 0. The minimum Gasteiger partial charge on any atom is -0.382 e. The largest absolute Gasteiger partial charge is 0.382 e. The molecule has 1 heterocycles. The zero-order valence-corrected chi connectivity index (χ0v) is 7.56. The number of halogens is 1. The molecule has 3 nitrogen and oxygen atoms in total. The average Bonchev–Trinajstić information content (AvgIpc) is 2.45. The molecule has 0 saturated carbocycles. The number of rotatable bonds is 0. The molecule has 0 aromatic carbocycles. The highest BCUT2D eigenvalue weighted by atomic mass is 79.9. The fraction of sp³-hybridized carbons (Fsp3) is 0.429. The van der Waals surface area contributed by atoms with Crippen LogP contribution < -0.4 is 5.73 Å². The number of nitrogens with zero attached hydrogens (tertiary/aromatic N) is 2. The van der Waals surface area contributed by atoms with Crippen molar-refractivity contribution in [2.75, 3.05) is 5.73 Å². The number of nitrogen functional groups attached to an aromatic ring is 1. The van der Waals surface area contributed by atoms with Crippen LogP contribution in [-0.4, -0.2) is 10.2 Å². The quantitative estimate of drug-likeness (QED) is 0.708. The van der Waals surface area contributed by atoms with E-state index in [4.69, 9.17) is 5.73 Å². The van der Waals surface area contributed by atoms with Gasteiger partial charge in [0.1, 0.15) is 10.4 Å². The van der Waals surface area contributed by atoms with E-state index in [0.29, 0.717) is 5.82 Å². The minimum absolute atomic E-state index is 0.598. The summed E-state index contributed by atoms with van der Waals surface area (Å²) in [5.41, 5.74) is 8.08. The first kappa shape index (κ1) is 7.03. The molecule has 0 fully saturated rings. The van der Waals surface area contributed by atoms with Crippen LogP contribution in [0.3, 0.4) is 0 Å². The molecule has 1 aromatic rings. The second-order valence-electron chi connectivity index (χ2n) is 2.69. The molecular formula is C7H8BrN3. The van der Waals surface area contributed by atoms with Gasteiger partial charge >= 0.3 is 0 Å². The second kappa shape index (κ2) is 2.44. The van der Waals surface area contributed by atoms with Crippen LogP contribution in [0.4, 0.5) is 5.82 Å². The van der Waals surface area contributed by atoms with Crippen molar-refractivity contribution in [2.45, 2.75) is 19.3 Å². The molecule has 2 N–H and O–H groups in total. The van der Waals surface area contributed by atoms with E-state index in [1.165, 1.54) is 17.5 Å². The highest BCUT2D eigenvalue weighted by molar-refractivity contribution is 9.10. The average molecular weight is 214 g/mol. The van der Waals surface area contributed by atoms with E-state index in [-0.39, 0.29) is 0 Å². The third-order valence-corrected chi connectivity index (χ3v) is 2.66. The summed E-state index contributed by atoms with van der Waals surface area (Å²) in [7, 11) is 0. The zero-order valence-electron chi connectivity index (χ0n) is 5.97. The van der Waals surface area contributed by atoms with E-state index in [2.05, 4.69) is 26.1 Å². The molecule has 0 saturated heterocycles. The SMILES string of the molecule is Nc1nnc(Br)c2c1CCC2. The molecule has 0 spiro atoms. The summed E-state index contributed by atoms with van der Waals surface area (Å²) in [6, 6.07) is 0. The summed E-state index contributed by atoms with van der Waals surface area (Å²) in [5.74, 6) is 0.598. The molecule has 0 amide bonds. The monoisotopic (exact) mass is 213 g/mol. The van der Waals surface area contributed by atoms with Crippen molar-refractivity contribution in [3.05, 3.63) is 15.7 Å². The first-order chi connectivity index (χ1) is 5.29. The number of aromatic nitrogens is 2. The van der Waals surface area contributed by atoms with Gasteiger partial charge in [0.25, 0.3) is 0 Å². The van der Waals surface area contributed by atoms with Gasteiger partial charge in [-0.25, -0.2) is 0 Å². The first-order valence-corrected chi connectivity index (χ1v) is 4.37. The Kier molecular flexibility index (Phi) is 1.56. The van der Waals surface area contributed by atoms with Crippen molar-refractivity contribution in [3.8, 4) is 0 Å². The van der Waals surface area contributed by atoms with E-state index in [0.717, 1.165) is 17.4 Å². The van der Waals surface area contributed by atoms with E-state index in [1.54, 1.807) is 0 Å². The molecule has 1 aromatic heterocycles. The Morgan fingerprint density at radius 2 is 1.91 bits per heavy atom. The van der Waals surface area contributed by atoms with Gasteiger partial charge in [-0.2, -0.15) is 0 Å². The lowest BCUT2D eigenvalue weighted by molar-refractivity contribution is 0.909. The normalized spacial score (nSPS) is 15.0. The molecule has 1 aliphatic carbocycles. The Morgan fingerprint density at radius 1 is 1.18 bits per heavy atom. The second-order valence-corrected chi connectivity index (χ2v) is 3.44. The van der Waals surface area contributed by atoms with Crippen LogP contribution in [0.5, 0.6) is 0 Å². The molecule has 4 heteroatoms. The third-order valence-electron chi connectivity index (χ3n) is 2.02. The number of nitrogens with two attached hydrogens (primary N) is 1. The predicted octanol–water partition coefficient (Wildman–Crippen LogP) is 1.31. The fourth-order valence-corrected chi connectivity index (χ4v) is 1.99. The Balaban J connectivity index is 2.64. The number of hydrogen-bond acceptors (Lipinski definition) is 3. The fourth-order valence-electron chi connectivity index (χ4n) is 1.47. The smallest absolute Gasteiger partial charge is 0.149 e. The summed E-state index contributed by atoms with van der Waals surface area (Å²) < 4.78 is 0.860.